The monoisotopic (exact) mass is 187 g/mol. The second kappa shape index (κ2) is 3.91. The maximum Gasteiger partial charge on any atom is 0.115 e. The smallest absolute Gasteiger partial charge is 0.115 e. The van der Waals surface area contributed by atoms with E-state index >= 15 is 0 Å². The SMILES string of the molecule is CC1=CC=CN(Cc2ccncn2)[N-]1. The molecule has 0 atom stereocenters. The first-order chi connectivity index (χ1) is 6.84. The van der Waals surface area contributed by atoms with Gasteiger partial charge in [0.05, 0.1) is 5.69 Å². The van der Waals surface area contributed by atoms with Crippen LogP contribution in [0.3, 0.4) is 0 Å². The van der Waals surface area contributed by atoms with E-state index in [0.717, 1.165) is 11.4 Å². The predicted octanol–water partition coefficient (Wildman–Crippen LogP) is 2.00. The number of hydrogen-bond donors (Lipinski definition) is 0. The minimum absolute atomic E-state index is 0.685. The number of hydrogen-bond acceptors (Lipinski definition) is 3. The van der Waals surface area contributed by atoms with E-state index in [4.69, 9.17) is 0 Å². The van der Waals surface area contributed by atoms with Crippen molar-refractivity contribution in [2.75, 3.05) is 0 Å². The molecule has 0 saturated heterocycles. The maximum absolute atomic E-state index is 4.32. The lowest BCUT2D eigenvalue weighted by atomic mass is 10.3. The quantitative estimate of drug-likeness (QED) is 0.711. The van der Waals surface area contributed by atoms with E-state index in [9.17, 15) is 0 Å². The van der Waals surface area contributed by atoms with Crippen LogP contribution in [0.15, 0.2) is 42.6 Å². The van der Waals surface area contributed by atoms with Gasteiger partial charge in [-0.25, -0.2) is 9.97 Å². The Balaban J connectivity index is 2.00. The standard InChI is InChI=1S/C10H11N4/c1-9-3-2-6-14(13-9)7-10-4-5-11-8-12-10/h2-6,8H,7H2,1H3/q-1. The molecule has 0 spiro atoms. The number of aromatic nitrogens is 2. The summed E-state index contributed by atoms with van der Waals surface area (Å²) in [6.07, 6.45) is 9.15. The molecule has 4 nitrogen and oxygen atoms in total. The zero-order valence-electron chi connectivity index (χ0n) is 7.96. The van der Waals surface area contributed by atoms with Gasteiger partial charge in [-0.15, -0.1) is 0 Å². The zero-order valence-corrected chi connectivity index (χ0v) is 7.96. The number of nitrogens with zero attached hydrogens (tertiary/aromatic N) is 4. The largest absolute Gasteiger partial charge is 0.599 e. The Labute approximate surface area is 83.0 Å². The molecule has 1 aliphatic rings. The summed E-state index contributed by atoms with van der Waals surface area (Å²) < 4.78 is 0. The molecule has 1 aromatic rings. The van der Waals surface area contributed by atoms with Crippen molar-refractivity contribution in [2.24, 2.45) is 0 Å². The highest BCUT2D eigenvalue weighted by Gasteiger charge is 1.95. The summed E-state index contributed by atoms with van der Waals surface area (Å²) in [5.41, 5.74) is 6.29. The topological polar surface area (TPSA) is 43.1 Å². The predicted molar refractivity (Wildman–Crippen MR) is 53.8 cm³/mol. The van der Waals surface area contributed by atoms with Crippen molar-refractivity contribution < 1.29 is 0 Å². The Hall–Kier alpha value is -1.84. The fraction of sp³-hybridized carbons (Fsp3) is 0.200. The fourth-order valence-corrected chi connectivity index (χ4v) is 1.22. The number of allylic oxidation sites excluding steroid dienone is 3. The van der Waals surface area contributed by atoms with Crippen LogP contribution in [-0.4, -0.2) is 15.0 Å². The molecule has 1 aromatic heterocycles. The molecule has 0 amide bonds. The summed E-state index contributed by atoms with van der Waals surface area (Å²) in [6.45, 7) is 2.65. The molecule has 0 bridgehead atoms. The molecule has 0 radical (unpaired) electrons. The van der Waals surface area contributed by atoms with E-state index in [0.29, 0.717) is 6.54 Å². The molecule has 0 aliphatic carbocycles. The lowest BCUT2D eigenvalue weighted by Gasteiger charge is -2.39. The van der Waals surface area contributed by atoms with Gasteiger partial charge in [0, 0.05) is 12.7 Å². The van der Waals surface area contributed by atoms with Crippen molar-refractivity contribution in [1.82, 2.24) is 15.0 Å². The van der Waals surface area contributed by atoms with Crippen LogP contribution in [-0.2, 0) is 6.54 Å². The molecule has 4 heteroatoms. The van der Waals surface area contributed by atoms with Gasteiger partial charge in [0.2, 0.25) is 0 Å². The minimum atomic E-state index is 0.685. The van der Waals surface area contributed by atoms with Crippen LogP contribution >= 0.6 is 0 Å². The van der Waals surface area contributed by atoms with Crippen molar-refractivity contribution >= 4 is 0 Å². The molecule has 0 aromatic carbocycles. The Morgan fingerprint density at radius 1 is 1.50 bits per heavy atom. The van der Waals surface area contributed by atoms with E-state index in [1.54, 1.807) is 12.5 Å². The van der Waals surface area contributed by atoms with Crippen molar-refractivity contribution in [2.45, 2.75) is 13.5 Å². The van der Waals surface area contributed by atoms with Crippen LogP contribution in [0.5, 0.6) is 0 Å². The summed E-state index contributed by atoms with van der Waals surface area (Å²) in [7, 11) is 0. The maximum atomic E-state index is 4.32. The van der Waals surface area contributed by atoms with Crippen LogP contribution in [0.1, 0.15) is 12.6 Å². The van der Waals surface area contributed by atoms with Gasteiger partial charge in [0.25, 0.3) is 0 Å². The van der Waals surface area contributed by atoms with Crippen LogP contribution in [0.2, 0.25) is 0 Å². The first kappa shape index (κ1) is 8.74. The summed E-state index contributed by atoms with van der Waals surface area (Å²) >= 11 is 0. The Bertz CT molecular complexity index is 356. The van der Waals surface area contributed by atoms with E-state index in [2.05, 4.69) is 15.4 Å². The van der Waals surface area contributed by atoms with Crippen LogP contribution < -0.4 is 0 Å². The average Bonchev–Trinajstić information content (AvgIpc) is 2.19. The van der Waals surface area contributed by atoms with Gasteiger partial charge < -0.3 is 10.4 Å². The average molecular weight is 187 g/mol. The van der Waals surface area contributed by atoms with Gasteiger partial charge in [-0.3, -0.25) is 0 Å². The molecule has 2 heterocycles. The van der Waals surface area contributed by atoms with Crippen molar-refractivity contribution in [1.29, 1.82) is 0 Å². The summed E-state index contributed by atoms with van der Waals surface area (Å²) in [6, 6.07) is 1.89. The molecule has 72 valence electrons. The minimum Gasteiger partial charge on any atom is -0.599 e. The van der Waals surface area contributed by atoms with E-state index in [-0.39, 0.29) is 0 Å². The Morgan fingerprint density at radius 2 is 2.43 bits per heavy atom. The molecular formula is C10H11N4-. The molecule has 14 heavy (non-hydrogen) atoms. The molecule has 2 rings (SSSR count). The molecule has 0 N–H and O–H groups in total. The van der Waals surface area contributed by atoms with Gasteiger partial charge in [0.15, 0.2) is 0 Å². The second-order valence-corrected chi connectivity index (χ2v) is 3.05. The van der Waals surface area contributed by atoms with E-state index in [1.807, 2.05) is 36.4 Å². The summed E-state index contributed by atoms with van der Waals surface area (Å²) in [5, 5.41) is 1.86. The lowest BCUT2D eigenvalue weighted by molar-refractivity contribution is 0.458. The van der Waals surface area contributed by atoms with Crippen LogP contribution in [0.4, 0.5) is 0 Å². The van der Waals surface area contributed by atoms with Crippen LogP contribution in [0, 0.1) is 0 Å². The Kier molecular flexibility index (Phi) is 2.44. The first-order valence-electron chi connectivity index (χ1n) is 4.43. The third kappa shape index (κ3) is 2.10. The molecular weight excluding hydrogens is 176 g/mol. The fourth-order valence-electron chi connectivity index (χ4n) is 1.22. The normalized spacial score (nSPS) is 14.9. The highest BCUT2D eigenvalue weighted by atomic mass is 15.5. The van der Waals surface area contributed by atoms with Gasteiger partial charge in [-0.1, -0.05) is 13.0 Å². The highest BCUT2D eigenvalue weighted by Crippen LogP contribution is 2.17. The van der Waals surface area contributed by atoms with Gasteiger partial charge >= 0.3 is 0 Å². The molecule has 0 fully saturated rings. The molecule has 0 unspecified atom stereocenters. The molecule has 0 saturated carbocycles. The third-order valence-corrected chi connectivity index (χ3v) is 1.85. The van der Waals surface area contributed by atoms with E-state index in [1.165, 1.54) is 0 Å². The number of rotatable bonds is 2. The third-order valence-electron chi connectivity index (χ3n) is 1.85. The lowest BCUT2D eigenvalue weighted by Crippen LogP contribution is -2.14. The Morgan fingerprint density at radius 3 is 3.14 bits per heavy atom. The highest BCUT2D eigenvalue weighted by molar-refractivity contribution is 5.25. The van der Waals surface area contributed by atoms with Crippen molar-refractivity contribution in [3.8, 4) is 0 Å². The molecule has 1 aliphatic heterocycles. The zero-order chi connectivity index (χ0) is 9.80. The van der Waals surface area contributed by atoms with Crippen molar-refractivity contribution in [3.05, 3.63) is 53.8 Å². The first-order valence-corrected chi connectivity index (χ1v) is 4.43. The van der Waals surface area contributed by atoms with Crippen molar-refractivity contribution in [3.63, 3.8) is 0 Å². The van der Waals surface area contributed by atoms with E-state index < -0.39 is 0 Å². The summed E-state index contributed by atoms with van der Waals surface area (Å²) in [5.74, 6) is 0. The second-order valence-electron chi connectivity index (χ2n) is 3.05. The van der Waals surface area contributed by atoms with Gasteiger partial charge in [-0.2, -0.15) is 5.70 Å². The van der Waals surface area contributed by atoms with Gasteiger partial charge in [-0.05, 0) is 18.3 Å². The van der Waals surface area contributed by atoms with Gasteiger partial charge in [0.1, 0.15) is 6.33 Å². The van der Waals surface area contributed by atoms with Crippen LogP contribution in [0.25, 0.3) is 5.43 Å². The summed E-state index contributed by atoms with van der Waals surface area (Å²) in [4.78, 5) is 8.00.